The van der Waals surface area contributed by atoms with Gasteiger partial charge in [0.1, 0.15) is 12.9 Å². The minimum Gasteiger partial charge on any atom is -0.393 e. The van der Waals surface area contributed by atoms with Crippen LogP contribution in [0.3, 0.4) is 0 Å². The molecule has 2 aromatic heterocycles. The third-order valence-electron chi connectivity index (χ3n) is 1.53. The molecule has 0 fully saturated rings. The highest BCUT2D eigenvalue weighted by Gasteiger charge is 2.07. The number of aliphatic hydroxyl groups excluding tert-OH is 1. The zero-order valence-electron chi connectivity index (χ0n) is 6.79. The molecule has 0 aliphatic heterocycles. The molecule has 7 nitrogen and oxygen atoms in total. The van der Waals surface area contributed by atoms with Gasteiger partial charge in [-0.1, -0.05) is 4.85 Å². The van der Waals surface area contributed by atoms with E-state index in [9.17, 15) is 0 Å². The minimum atomic E-state index is -0.0756. The first-order valence-electron chi connectivity index (χ1n) is 3.73. The molecule has 0 atom stereocenters. The van der Waals surface area contributed by atoms with Crippen LogP contribution < -0.4 is 10.6 Å². The lowest BCUT2D eigenvalue weighted by molar-refractivity contribution is 0.0509. The number of imidazole rings is 1. The van der Waals surface area contributed by atoms with Crippen molar-refractivity contribution < 1.29 is 9.94 Å². The van der Waals surface area contributed by atoms with Crippen LogP contribution in [0.2, 0.25) is 0 Å². The van der Waals surface area contributed by atoms with Crippen molar-refractivity contribution in [1.82, 2.24) is 19.3 Å². The van der Waals surface area contributed by atoms with Crippen molar-refractivity contribution in [2.75, 3.05) is 18.9 Å². The van der Waals surface area contributed by atoms with Crippen molar-refractivity contribution in [3.8, 4) is 0 Å². The van der Waals surface area contributed by atoms with Crippen LogP contribution in [0.25, 0.3) is 5.65 Å². The Hall–Kier alpha value is -1.76. The maximum atomic E-state index is 8.55. The van der Waals surface area contributed by atoms with Gasteiger partial charge >= 0.3 is 0 Å². The molecule has 0 saturated carbocycles. The first-order chi connectivity index (χ1) is 6.33. The first-order valence-corrected chi connectivity index (χ1v) is 3.73. The zero-order chi connectivity index (χ0) is 9.26. The van der Waals surface area contributed by atoms with Gasteiger partial charge < -0.3 is 15.7 Å². The Labute approximate surface area is 73.3 Å². The van der Waals surface area contributed by atoms with E-state index in [0.717, 1.165) is 0 Å². The number of fused-ring (bicyclic) bond motifs is 1. The molecular weight excluding hydrogens is 174 g/mol. The summed E-state index contributed by atoms with van der Waals surface area (Å²) in [4.78, 5) is 14.2. The summed E-state index contributed by atoms with van der Waals surface area (Å²) in [5.41, 5.74) is 6.14. The van der Waals surface area contributed by atoms with Gasteiger partial charge in [0.05, 0.1) is 12.8 Å². The number of anilines is 1. The van der Waals surface area contributed by atoms with Gasteiger partial charge in [-0.15, -0.1) is 0 Å². The lowest BCUT2D eigenvalue weighted by Gasteiger charge is -2.05. The quantitative estimate of drug-likeness (QED) is 0.606. The van der Waals surface area contributed by atoms with E-state index in [1.165, 1.54) is 11.2 Å². The summed E-state index contributed by atoms with van der Waals surface area (Å²) >= 11 is 0. The van der Waals surface area contributed by atoms with E-state index in [4.69, 9.17) is 15.7 Å². The standard InChI is InChI=1S/C6H9N5O2/c7-6-9-5-3-8-4-10(5)11(6)13-2-1-12/h3-4,12H,1-2H2,(H2,7,9). The molecule has 2 aromatic rings. The smallest absolute Gasteiger partial charge is 0.256 e. The number of nitrogen functional groups attached to an aromatic ring is 1. The van der Waals surface area contributed by atoms with E-state index < -0.39 is 0 Å². The Bertz CT molecular complexity index is 406. The number of aromatic nitrogens is 4. The van der Waals surface area contributed by atoms with Gasteiger partial charge in [-0.2, -0.15) is 9.50 Å². The van der Waals surface area contributed by atoms with Gasteiger partial charge in [0.25, 0.3) is 5.95 Å². The molecule has 0 amide bonds. The number of hydrogen-bond donors (Lipinski definition) is 2. The maximum absolute atomic E-state index is 8.55. The Kier molecular flexibility index (Phi) is 1.78. The van der Waals surface area contributed by atoms with Gasteiger partial charge in [-0.25, -0.2) is 4.98 Å². The van der Waals surface area contributed by atoms with Crippen LogP contribution in [0, 0.1) is 0 Å². The fraction of sp³-hybridized carbons (Fsp3) is 0.333. The summed E-state index contributed by atoms with van der Waals surface area (Å²) in [6, 6.07) is 0. The number of nitrogens with zero attached hydrogens (tertiary/aromatic N) is 4. The van der Waals surface area contributed by atoms with Gasteiger partial charge in [0.2, 0.25) is 0 Å². The average molecular weight is 183 g/mol. The summed E-state index contributed by atoms with van der Waals surface area (Å²) in [5, 5.41) is 8.55. The molecule has 0 aliphatic rings. The molecule has 0 saturated heterocycles. The van der Waals surface area contributed by atoms with Crippen LogP contribution in [0.4, 0.5) is 5.95 Å². The second kappa shape index (κ2) is 2.94. The molecule has 2 heterocycles. The lowest BCUT2D eigenvalue weighted by Crippen LogP contribution is -2.21. The molecule has 13 heavy (non-hydrogen) atoms. The largest absolute Gasteiger partial charge is 0.393 e. The van der Waals surface area contributed by atoms with E-state index in [0.29, 0.717) is 5.65 Å². The molecule has 0 unspecified atom stereocenters. The van der Waals surface area contributed by atoms with Gasteiger partial charge in [-0.3, -0.25) is 0 Å². The van der Waals surface area contributed by atoms with Crippen molar-refractivity contribution in [1.29, 1.82) is 0 Å². The molecule has 2 rings (SSSR count). The molecule has 0 aromatic carbocycles. The summed E-state index contributed by atoms with van der Waals surface area (Å²) in [7, 11) is 0. The summed E-state index contributed by atoms with van der Waals surface area (Å²) < 4.78 is 1.55. The van der Waals surface area contributed by atoms with E-state index in [1.807, 2.05) is 0 Å². The molecule has 3 N–H and O–H groups in total. The SMILES string of the molecule is Nc1nc2cncn2n1OCCO. The van der Waals surface area contributed by atoms with Crippen molar-refractivity contribution in [2.24, 2.45) is 0 Å². The zero-order valence-corrected chi connectivity index (χ0v) is 6.79. The predicted molar refractivity (Wildman–Crippen MR) is 43.9 cm³/mol. The van der Waals surface area contributed by atoms with Gasteiger partial charge in [0.15, 0.2) is 5.65 Å². The molecule has 0 spiro atoms. The van der Waals surface area contributed by atoms with Crippen LogP contribution in [0.15, 0.2) is 12.5 Å². The second-order valence-corrected chi connectivity index (χ2v) is 2.40. The van der Waals surface area contributed by atoms with Crippen LogP contribution in [0.1, 0.15) is 0 Å². The van der Waals surface area contributed by atoms with Crippen molar-refractivity contribution in [2.45, 2.75) is 0 Å². The van der Waals surface area contributed by atoms with Crippen molar-refractivity contribution in [3.05, 3.63) is 12.5 Å². The molecule has 70 valence electrons. The summed E-state index contributed by atoms with van der Waals surface area (Å²) in [6.07, 6.45) is 3.09. The average Bonchev–Trinajstić information content (AvgIpc) is 2.62. The third kappa shape index (κ3) is 1.18. The van der Waals surface area contributed by atoms with Crippen LogP contribution in [-0.2, 0) is 0 Å². The lowest BCUT2D eigenvalue weighted by atomic mass is 10.8. The van der Waals surface area contributed by atoms with Crippen LogP contribution in [-0.4, -0.2) is 37.6 Å². The highest BCUT2D eigenvalue weighted by Crippen LogP contribution is 2.03. The first kappa shape index (κ1) is 7.87. The van der Waals surface area contributed by atoms with E-state index in [2.05, 4.69) is 9.97 Å². The highest BCUT2D eigenvalue weighted by molar-refractivity contribution is 5.39. The number of nitrogens with two attached hydrogens (primary N) is 1. The molecule has 0 aliphatic carbocycles. The third-order valence-corrected chi connectivity index (χ3v) is 1.53. The van der Waals surface area contributed by atoms with Gasteiger partial charge in [0, 0.05) is 0 Å². The van der Waals surface area contributed by atoms with Crippen LogP contribution >= 0.6 is 0 Å². The van der Waals surface area contributed by atoms with E-state index >= 15 is 0 Å². The monoisotopic (exact) mass is 183 g/mol. The van der Waals surface area contributed by atoms with Crippen molar-refractivity contribution in [3.63, 3.8) is 0 Å². The Balaban J connectivity index is 2.39. The number of aliphatic hydroxyl groups is 1. The van der Waals surface area contributed by atoms with Crippen LogP contribution in [0.5, 0.6) is 0 Å². The minimum absolute atomic E-state index is 0.0756. The second-order valence-electron chi connectivity index (χ2n) is 2.40. The molecule has 0 bridgehead atoms. The molecule has 0 radical (unpaired) electrons. The normalized spacial score (nSPS) is 10.8. The topological polar surface area (TPSA) is 90.6 Å². The highest BCUT2D eigenvalue weighted by atomic mass is 16.7. The predicted octanol–water partition coefficient (Wildman–Crippen LogP) is -1.47. The molecule has 7 heteroatoms. The van der Waals surface area contributed by atoms with Gasteiger partial charge in [-0.05, 0) is 0 Å². The van der Waals surface area contributed by atoms with Crippen molar-refractivity contribution >= 4 is 11.6 Å². The number of hydrogen-bond acceptors (Lipinski definition) is 5. The summed E-state index contributed by atoms with van der Waals surface area (Å²) in [5.74, 6) is 0.228. The van der Waals surface area contributed by atoms with E-state index in [-0.39, 0.29) is 19.2 Å². The Morgan fingerprint density at radius 3 is 3.23 bits per heavy atom. The fourth-order valence-corrected chi connectivity index (χ4v) is 1.03. The number of rotatable bonds is 3. The Morgan fingerprint density at radius 2 is 2.46 bits per heavy atom. The fourth-order valence-electron chi connectivity index (χ4n) is 1.03. The Morgan fingerprint density at radius 1 is 1.62 bits per heavy atom. The maximum Gasteiger partial charge on any atom is 0.256 e. The molecular formula is C6H9N5O2. The summed E-state index contributed by atoms with van der Waals surface area (Å²) in [6.45, 7) is 0.0850. The van der Waals surface area contributed by atoms with E-state index in [1.54, 1.807) is 10.7 Å².